The van der Waals surface area contributed by atoms with Crippen LogP contribution in [0.25, 0.3) is 0 Å². The maximum absolute atomic E-state index is 10.9. The monoisotopic (exact) mass is 179 g/mol. The maximum Gasteiger partial charge on any atom is 0.296 e. The molecule has 0 radical (unpaired) electrons. The highest BCUT2D eigenvalue weighted by Gasteiger charge is 2.00. The van der Waals surface area contributed by atoms with Crippen molar-refractivity contribution in [3.05, 3.63) is 0 Å². The molecule has 1 atom stereocenters. The molecule has 0 spiro atoms. The maximum atomic E-state index is 10.9. The van der Waals surface area contributed by atoms with Crippen molar-refractivity contribution >= 4 is 5.91 Å². The molecule has 0 rings (SSSR count). The first-order valence-electron chi connectivity index (χ1n) is 3.90. The van der Waals surface area contributed by atoms with Gasteiger partial charge in [-0.2, -0.15) is 5.26 Å². The van der Waals surface area contributed by atoms with Crippen LogP contribution >= 0.6 is 0 Å². The van der Waals surface area contributed by atoms with E-state index in [1.807, 2.05) is 25.1 Å². The van der Waals surface area contributed by atoms with E-state index in [1.54, 1.807) is 6.92 Å². The first-order chi connectivity index (χ1) is 6.06. The van der Waals surface area contributed by atoms with Crippen molar-refractivity contribution < 1.29 is 4.79 Å². The predicted octanol–water partition coefficient (Wildman–Crippen LogP) is -0.420. The Balaban J connectivity index is 3.86. The van der Waals surface area contributed by atoms with Crippen LogP contribution in [0.4, 0.5) is 0 Å². The van der Waals surface area contributed by atoms with E-state index < -0.39 is 11.9 Å². The number of nitrogens with zero attached hydrogens (tertiary/aromatic N) is 2. The highest BCUT2D eigenvalue weighted by Crippen LogP contribution is 1.76. The van der Waals surface area contributed by atoms with Gasteiger partial charge >= 0.3 is 0 Å². The molecule has 1 amide bonds. The molecule has 0 saturated carbocycles. The number of hydrogen-bond donors (Lipinski definition) is 1. The van der Waals surface area contributed by atoms with E-state index >= 15 is 0 Å². The Morgan fingerprint density at radius 3 is 2.69 bits per heavy atom. The van der Waals surface area contributed by atoms with Crippen LogP contribution in [0.15, 0.2) is 0 Å². The SMILES string of the molecule is CC(C#N)NC(=O)C#CCN(C)C. The van der Waals surface area contributed by atoms with Crippen molar-refractivity contribution in [2.75, 3.05) is 20.6 Å². The van der Waals surface area contributed by atoms with Gasteiger partial charge in [-0.3, -0.25) is 9.69 Å². The average Bonchev–Trinajstić information content (AvgIpc) is 2.03. The van der Waals surface area contributed by atoms with Gasteiger partial charge in [0.05, 0.1) is 12.6 Å². The van der Waals surface area contributed by atoms with Crippen molar-refractivity contribution in [3.8, 4) is 17.9 Å². The highest BCUT2D eigenvalue weighted by atomic mass is 16.1. The van der Waals surface area contributed by atoms with Crippen molar-refractivity contribution in [3.63, 3.8) is 0 Å². The summed E-state index contributed by atoms with van der Waals surface area (Å²) in [5, 5.41) is 10.8. The van der Waals surface area contributed by atoms with Gasteiger partial charge in [0.15, 0.2) is 0 Å². The summed E-state index contributed by atoms with van der Waals surface area (Å²) >= 11 is 0. The molecular weight excluding hydrogens is 166 g/mol. The van der Waals surface area contributed by atoms with E-state index in [-0.39, 0.29) is 0 Å². The Hall–Kier alpha value is -1.52. The van der Waals surface area contributed by atoms with Gasteiger partial charge in [0.25, 0.3) is 5.91 Å². The molecule has 0 aromatic rings. The fraction of sp³-hybridized carbons (Fsp3) is 0.556. The van der Waals surface area contributed by atoms with Gasteiger partial charge in [0, 0.05) is 0 Å². The molecule has 1 unspecified atom stereocenters. The summed E-state index contributed by atoms with van der Waals surface area (Å²) in [5.74, 6) is 4.65. The molecule has 13 heavy (non-hydrogen) atoms. The minimum absolute atomic E-state index is 0.407. The van der Waals surface area contributed by atoms with E-state index in [2.05, 4.69) is 17.2 Å². The van der Waals surface area contributed by atoms with Crippen LogP contribution in [-0.2, 0) is 4.79 Å². The Morgan fingerprint density at radius 2 is 2.23 bits per heavy atom. The summed E-state index contributed by atoms with van der Waals surface area (Å²) in [6, 6.07) is 1.40. The molecule has 0 saturated heterocycles. The standard InChI is InChI=1S/C9H13N3O/c1-8(7-10)11-9(13)5-4-6-12(2)3/h8H,6H2,1-3H3,(H,11,13). The Labute approximate surface area is 78.5 Å². The second-order valence-electron chi connectivity index (χ2n) is 2.86. The molecule has 0 heterocycles. The molecule has 0 aliphatic heterocycles. The fourth-order valence-corrected chi connectivity index (χ4v) is 0.543. The average molecular weight is 179 g/mol. The molecule has 0 aliphatic carbocycles. The number of carbonyl (C=O) groups excluding carboxylic acids is 1. The van der Waals surface area contributed by atoms with Crippen LogP contribution in [0.2, 0.25) is 0 Å². The second-order valence-corrected chi connectivity index (χ2v) is 2.86. The molecule has 0 aliphatic rings. The van der Waals surface area contributed by atoms with Gasteiger partial charge in [0.1, 0.15) is 6.04 Å². The lowest BCUT2D eigenvalue weighted by Crippen LogP contribution is -2.30. The van der Waals surface area contributed by atoms with Gasteiger partial charge < -0.3 is 5.32 Å². The number of rotatable bonds is 2. The van der Waals surface area contributed by atoms with E-state index in [4.69, 9.17) is 5.26 Å². The molecule has 1 N–H and O–H groups in total. The number of carbonyl (C=O) groups is 1. The zero-order valence-corrected chi connectivity index (χ0v) is 8.09. The quantitative estimate of drug-likeness (QED) is 0.586. The molecule has 0 aromatic heterocycles. The summed E-state index contributed by atoms with van der Waals surface area (Å²) in [6.07, 6.45) is 0. The summed E-state index contributed by atoms with van der Waals surface area (Å²) in [4.78, 5) is 12.8. The molecular formula is C9H13N3O. The summed E-state index contributed by atoms with van der Waals surface area (Å²) in [5.41, 5.74) is 0. The van der Waals surface area contributed by atoms with Crippen molar-refractivity contribution in [1.82, 2.24) is 10.2 Å². The first-order valence-corrected chi connectivity index (χ1v) is 3.90. The third-order valence-corrected chi connectivity index (χ3v) is 1.14. The Kier molecular flexibility index (Phi) is 5.34. The third kappa shape index (κ3) is 6.86. The summed E-state index contributed by atoms with van der Waals surface area (Å²) in [6.45, 7) is 2.14. The molecule has 4 nitrogen and oxygen atoms in total. The molecule has 70 valence electrons. The molecule has 4 heteroatoms. The van der Waals surface area contributed by atoms with E-state index in [1.165, 1.54) is 0 Å². The minimum Gasteiger partial charge on any atom is -0.330 e. The second kappa shape index (κ2) is 6.05. The van der Waals surface area contributed by atoms with E-state index in [0.29, 0.717) is 6.54 Å². The molecule has 0 bridgehead atoms. The van der Waals surface area contributed by atoms with Crippen LogP contribution in [0.3, 0.4) is 0 Å². The predicted molar refractivity (Wildman–Crippen MR) is 49.5 cm³/mol. The van der Waals surface area contributed by atoms with Crippen LogP contribution in [0.5, 0.6) is 0 Å². The number of nitrogens with one attached hydrogen (secondary N) is 1. The number of amides is 1. The lowest BCUT2D eigenvalue weighted by Gasteiger charge is -2.02. The van der Waals surface area contributed by atoms with Crippen molar-refractivity contribution in [1.29, 1.82) is 5.26 Å². The zero-order chi connectivity index (χ0) is 10.3. The molecule has 0 aromatic carbocycles. The topological polar surface area (TPSA) is 56.1 Å². The Bertz CT molecular complexity index is 267. The van der Waals surface area contributed by atoms with Crippen LogP contribution in [0, 0.1) is 23.2 Å². The van der Waals surface area contributed by atoms with E-state index in [9.17, 15) is 4.79 Å². The lowest BCUT2D eigenvalue weighted by molar-refractivity contribution is -0.115. The van der Waals surface area contributed by atoms with Crippen LogP contribution in [0.1, 0.15) is 6.92 Å². The van der Waals surface area contributed by atoms with Gasteiger partial charge in [-0.15, -0.1) is 0 Å². The molecule has 0 fully saturated rings. The van der Waals surface area contributed by atoms with Gasteiger partial charge in [-0.05, 0) is 26.9 Å². The Morgan fingerprint density at radius 1 is 1.62 bits per heavy atom. The fourth-order valence-electron chi connectivity index (χ4n) is 0.543. The number of hydrogen-bond acceptors (Lipinski definition) is 3. The lowest BCUT2D eigenvalue weighted by atomic mass is 10.4. The third-order valence-electron chi connectivity index (χ3n) is 1.14. The van der Waals surface area contributed by atoms with Gasteiger partial charge in [-0.1, -0.05) is 5.92 Å². The van der Waals surface area contributed by atoms with Gasteiger partial charge in [-0.25, -0.2) is 0 Å². The normalized spacial score (nSPS) is 11.0. The van der Waals surface area contributed by atoms with E-state index in [0.717, 1.165) is 0 Å². The number of nitriles is 1. The van der Waals surface area contributed by atoms with Crippen LogP contribution < -0.4 is 5.32 Å². The summed E-state index contributed by atoms with van der Waals surface area (Å²) < 4.78 is 0. The van der Waals surface area contributed by atoms with Gasteiger partial charge in [0.2, 0.25) is 0 Å². The summed E-state index contributed by atoms with van der Waals surface area (Å²) in [7, 11) is 3.73. The minimum atomic E-state index is -0.485. The van der Waals surface area contributed by atoms with Crippen LogP contribution in [-0.4, -0.2) is 37.5 Å². The van der Waals surface area contributed by atoms with Crippen molar-refractivity contribution in [2.24, 2.45) is 0 Å². The first kappa shape index (κ1) is 11.5. The highest BCUT2D eigenvalue weighted by molar-refractivity contribution is 5.93. The zero-order valence-electron chi connectivity index (χ0n) is 8.09. The van der Waals surface area contributed by atoms with Crippen molar-refractivity contribution in [2.45, 2.75) is 13.0 Å². The smallest absolute Gasteiger partial charge is 0.296 e. The largest absolute Gasteiger partial charge is 0.330 e.